The molecule has 1 N–H and O–H groups in total. The summed E-state index contributed by atoms with van der Waals surface area (Å²) in [5, 5.41) is 3.80. The van der Waals surface area contributed by atoms with Crippen LogP contribution in [0.15, 0.2) is 18.5 Å². The maximum atomic E-state index is 11.2. The van der Waals surface area contributed by atoms with Crippen LogP contribution in [0.2, 0.25) is 5.02 Å². The van der Waals surface area contributed by atoms with Crippen LogP contribution < -0.4 is 5.32 Å². The first kappa shape index (κ1) is 14.4. The summed E-state index contributed by atoms with van der Waals surface area (Å²) >= 11 is 6.05. The molecule has 0 aliphatic heterocycles. The molecule has 0 fully saturated rings. The average molecular weight is 277 g/mol. The molecule has 1 aromatic rings. The summed E-state index contributed by atoms with van der Waals surface area (Å²) in [6, 6.07) is 1.77. The summed E-state index contributed by atoms with van der Waals surface area (Å²) < 4.78 is 22.4. The van der Waals surface area contributed by atoms with Gasteiger partial charge in [-0.05, 0) is 24.6 Å². The number of nitrogens with one attached hydrogen (secondary N) is 1. The Bertz CT molecular complexity index is 462. The number of rotatable bonds is 6. The van der Waals surface area contributed by atoms with E-state index in [1.54, 1.807) is 12.4 Å². The molecule has 17 heavy (non-hydrogen) atoms. The lowest BCUT2D eigenvalue weighted by molar-refractivity contribution is 0.529. The van der Waals surface area contributed by atoms with E-state index in [9.17, 15) is 8.42 Å². The molecular formula is C11H17ClN2O2S. The van der Waals surface area contributed by atoms with E-state index in [0.717, 1.165) is 12.1 Å². The second-order valence-corrected chi connectivity index (χ2v) is 6.59. The highest BCUT2D eigenvalue weighted by molar-refractivity contribution is 7.90. The molecule has 96 valence electrons. The molecule has 0 aromatic carbocycles. The number of aromatic nitrogens is 1. The van der Waals surface area contributed by atoms with Gasteiger partial charge in [0.1, 0.15) is 9.84 Å². The van der Waals surface area contributed by atoms with Crippen LogP contribution in [0.1, 0.15) is 24.9 Å². The fourth-order valence-electron chi connectivity index (χ4n) is 1.61. The van der Waals surface area contributed by atoms with Gasteiger partial charge in [-0.25, -0.2) is 8.42 Å². The highest BCUT2D eigenvalue weighted by Crippen LogP contribution is 2.24. The highest BCUT2D eigenvalue weighted by Gasteiger charge is 2.15. The van der Waals surface area contributed by atoms with Crippen molar-refractivity contribution in [1.29, 1.82) is 0 Å². The van der Waals surface area contributed by atoms with Gasteiger partial charge in [-0.3, -0.25) is 4.98 Å². The number of pyridine rings is 1. The quantitative estimate of drug-likeness (QED) is 0.861. The van der Waals surface area contributed by atoms with Crippen LogP contribution >= 0.6 is 11.6 Å². The number of nitrogens with zero attached hydrogens (tertiary/aromatic N) is 1. The normalized spacial score (nSPS) is 13.6. The maximum absolute atomic E-state index is 11.2. The van der Waals surface area contributed by atoms with Crippen molar-refractivity contribution in [2.75, 3.05) is 18.6 Å². The van der Waals surface area contributed by atoms with Crippen molar-refractivity contribution in [3.63, 3.8) is 0 Å². The first-order valence-corrected chi connectivity index (χ1v) is 7.88. The van der Waals surface area contributed by atoms with E-state index in [-0.39, 0.29) is 11.8 Å². The molecule has 1 rings (SSSR count). The fraction of sp³-hybridized carbons (Fsp3) is 0.545. The van der Waals surface area contributed by atoms with Crippen LogP contribution in [0.25, 0.3) is 0 Å². The lowest BCUT2D eigenvalue weighted by Crippen LogP contribution is -2.23. The number of hydrogen-bond acceptors (Lipinski definition) is 4. The third-order valence-corrected chi connectivity index (χ3v) is 3.70. The Labute approximate surface area is 107 Å². The summed E-state index contributed by atoms with van der Waals surface area (Å²) in [5.74, 6) is 0.142. The highest BCUT2D eigenvalue weighted by atomic mass is 35.5. The second kappa shape index (κ2) is 6.33. The Balaban J connectivity index is 2.82. The van der Waals surface area contributed by atoms with Crippen LogP contribution in [0, 0.1) is 0 Å². The summed E-state index contributed by atoms with van der Waals surface area (Å²) in [5.41, 5.74) is 0.896. The van der Waals surface area contributed by atoms with Crippen molar-refractivity contribution in [3.8, 4) is 0 Å². The summed E-state index contributed by atoms with van der Waals surface area (Å²) in [4.78, 5) is 3.92. The van der Waals surface area contributed by atoms with E-state index in [0.29, 0.717) is 11.4 Å². The van der Waals surface area contributed by atoms with E-state index >= 15 is 0 Å². The minimum Gasteiger partial charge on any atom is -0.310 e. The topological polar surface area (TPSA) is 59.1 Å². The predicted octanol–water partition coefficient (Wildman–Crippen LogP) is 1.82. The van der Waals surface area contributed by atoms with Crippen LogP contribution in [-0.2, 0) is 9.84 Å². The van der Waals surface area contributed by atoms with Crippen molar-refractivity contribution in [1.82, 2.24) is 10.3 Å². The first-order valence-electron chi connectivity index (χ1n) is 5.44. The smallest absolute Gasteiger partial charge is 0.147 e. The SMILES string of the molecule is CCNC(CCS(C)(=O)=O)c1ccncc1Cl. The van der Waals surface area contributed by atoms with Gasteiger partial charge in [-0.2, -0.15) is 0 Å². The Kier molecular flexibility index (Phi) is 5.36. The molecule has 1 atom stereocenters. The van der Waals surface area contributed by atoms with Crippen LogP contribution in [0.3, 0.4) is 0 Å². The number of halogens is 1. The number of sulfone groups is 1. The molecule has 0 aliphatic rings. The molecule has 0 bridgehead atoms. The second-order valence-electron chi connectivity index (χ2n) is 3.93. The number of hydrogen-bond donors (Lipinski definition) is 1. The maximum Gasteiger partial charge on any atom is 0.147 e. The molecule has 0 spiro atoms. The molecule has 1 heterocycles. The Hall–Kier alpha value is -0.650. The van der Waals surface area contributed by atoms with Gasteiger partial charge in [0.05, 0.1) is 10.8 Å². The van der Waals surface area contributed by atoms with Crippen molar-refractivity contribution in [2.24, 2.45) is 0 Å². The monoisotopic (exact) mass is 276 g/mol. The fourth-order valence-corrected chi connectivity index (χ4v) is 2.53. The third-order valence-electron chi connectivity index (χ3n) is 2.41. The van der Waals surface area contributed by atoms with Gasteiger partial charge in [0.2, 0.25) is 0 Å². The zero-order valence-electron chi connectivity index (χ0n) is 9.98. The molecule has 6 heteroatoms. The Morgan fingerprint density at radius 1 is 1.53 bits per heavy atom. The molecule has 0 saturated carbocycles. The lowest BCUT2D eigenvalue weighted by Gasteiger charge is -2.18. The summed E-state index contributed by atoms with van der Waals surface area (Å²) in [7, 11) is -2.96. The van der Waals surface area contributed by atoms with Gasteiger partial charge < -0.3 is 5.32 Å². The molecule has 0 amide bonds. The molecular weight excluding hydrogens is 260 g/mol. The van der Waals surface area contributed by atoms with Gasteiger partial charge >= 0.3 is 0 Å². The molecule has 0 aliphatic carbocycles. The molecule has 1 unspecified atom stereocenters. The van der Waals surface area contributed by atoms with E-state index in [2.05, 4.69) is 10.3 Å². The largest absolute Gasteiger partial charge is 0.310 e. The van der Waals surface area contributed by atoms with Gasteiger partial charge in [0.25, 0.3) is 0 Å². The van der Waals surface area contributed by atoms with Gasteiger partial charge in [0, 0.05) is 24.7 Å². The Morgan fingerprint density at radius 2 is 2.24 bits per heavy atom. The van der Waals surface area contributed by atoms with Crippen LogP contribution in [0.5, 0.6) is 0 Å². The minimum atomic E-state index is -2.96. The van der Waals surface area contributed by atoms with E-state index in [4.69, 9.17) is 11.6 Å². The molecule has 0 saturated heterocycles. The Morgan fingerprint density at radius 3 is 2.76 bits per heavy atom. The van der Waals surface area contributed by atoms with Gasteiger partial charge in [0.15, 0.2) is 0 Å². The molecule has 1 aromatic heterocycles. The van der Waals surface area contributed by atoms with Crippen molar-refractivity contribution < 1.29 is 8.42 Å². The van der Waals surface area contributed by atoms with Crippen LogP contribution in [-0.4, -0.2) is 32.0 Å². The van der Waals surface area contributed by atoms with E-state index < -0.39 is 9.84 Å². The van der Waals surface area contributed by atoms with Crippen molar-refractivity contribution in [2.45, 2.75) is 19.4 Å². The average Bonchev–Trinajstić information content (AvgIpc) is 2.24. The standard InChI is InChI=1S/C11H17ClN2O2S/c1-3-14-11(5-7-17(2,15)16)9-4-6-13-8-10(9)12/h4,6,8,11,14H,3,5,7H2,1-2H3. The first-order chi connectivity index (χ1) is 7.94. The van der Waals surface area contributed by atoms with E-state index in [1.807, 2.05) is 13.0 Å². The summed E-state index contributed by atoms with van der Waals surface area (Å²) in [6.45, 7) is 2.73. The third kappa shape index (κ3) is 5.02. The molecule has 4 nitrogen and oxygen atoms in total. The van der Waals surface area contributed by atoms with E-state index in [1.165, 1.54) is 6.26 Å². The lowest BCUT2D eigenvalue weighted by atomic mass is 10.1. The van der Waals surface area contributed by atoms with Crippen molar-refractivity contribution in [3.05, 3.63) is 29.0 Å². The van der Waals surface area contributed by atoms with Gasteiger partial charge in [-0.15, -0.1) is 0 Å². The summed E-state index contributed by atoms with van der Waals surface area (Å²) in [6.07, 6.45) is 4.98. The molecule has 0 radical (unpaired) electrons. The van der Waals surface area contributed by atoms with Crippen molar-refractivity contribution >= 4 is 21.4 Å². The van der Waals surface area contributed by atoms with Gasteiger partial charge in [-0.1, -0.05) is 18.5 Å². The van der Waals surface area contributed by atoms with Crippen LogP contribution in [0.4, 0.5) is 0 Å². The predicted molar refractivity (Wildman–Crippen MR) is 70.0 cm³/mol. The zero-order valence-corrected chi connectivity index (χ0v) is 11.6. The zero-order chi connectivity index (χ0) is 12.9. The minimum absolute atomic E-state index is 0.0507.